The number of rotatable bonds is 4. The fourth-order valence-corrected chi connectivity index (χ4v) is 1.62. The van der Waals surface area contributed by atoms with Crippen molar-refractivity contribution in [3.8, 4) is 0 Å². The van der Waals surface area contributed by atoms with E-state index in [0.29, 0.717) is 0 Å². The van der Waals surface area contributed by atoms with Gasteiger partial charge in [-0.05, 0) is 48.0 Å². The Balaban J connectivity index is 4.96. The molecule has 0 heterocycles. The monoisotopic (exact) mass is 358 g/mol. The van der Waals surface area contributed by atoms with Crippen LogP contribution in [0.4, 0.5) is 9.59 Å². The molecule has 0 unspecified atom stereocenters. The standard InChI is InChI=1S/C17H30N2O6/c1-12(20)18(8)13(21)10-9-11-19(14(22)24-16(2,3)4)15(23)25-17(5,6)7/h9-11H2,1-8H3. The lowest BCUT2D eigenvalue weighted by Gasteiger charge is -2.28. The van der Waals surface area contributed by atoms with Crippen LogP contribution >= 0.6 is 0 Å². The van der Waals surface area contributed by atoms with Gasteiger partial charge in [0.05, 0.1) is 0 Å². The predicted molar refractivity (Wildman–Crippen MR) is 91.9 cm³/mol. The molecule has 0 bridgehead atoms. The molecule has 8 nitrogen and oxygen atoms in total. The zero-order chi connectivity index (χ0) is 20.0. The van der Waals surface area contributed by atoms with Gasteiger partial charge in [0.2, 0.25) is 11.8 Å². The summed E-state index contributed by atoms with van der Waals surface area (Å²) in [6.45, 7) is 11.3. The molecule has 0 aromatic carbocycles. The highest BCUT2D eigenvalue weighted by Crippen LogP contribution is 2.15. The number of carbonyl (C=O) groups excluding carboxylic acids is 4. The van der Waals surface area contributed by atoms with Gasteiger partial charge >= 0.3 is 12.2 Å². The third-order valence-electron chi connectivity index (χ3n) is 2.85. The number of carbonyl (C=O) groups is 4. The van der Waals surface area contributed by atoms with Crippen LogP contribution in [0.1, 0.15) is 61.3 Å². The first-order valence-electron chi connectivity index (χ1n) is 8.14. The molecule has 0 saturated heterocycles. The zero-order valence-electron chi connectivity index (χ0n) is 16.5. The topological polar surface area (TPSA) is 93.2 Å². The zero-order valence-corrected chi connectivity index (χ0v) is 16.5. The summed E-state index contributed by atoms with van der Waals surface area (Å²) in [5, 5.41) is 0. The minimum Gasteiger partial charge on any atom is -0.443 e. The Bertz CT molecular complexity index is 488. The van der Waals surface area contributed by atoms with E-state index in [1.54, 1.807) is 41.5 Å². The molecule has 0 aromatic heterocycles. The lowest BCUT2D eigenvalue weighted by molar-refractivity contribution is -0.141. The highest BCUT2D eigenvalue weighted by Gasteiger charge is 2.31. The second-order valence-corrected chi connectivity index (χ2v) is 7.69. The molecule has 0 N–H and O–H groups in total. The Labute approximate surface area is 149 Å². The second kappa shape index (κ2) is 8.82. The molecule has 144 valence electrons. The summed E-state index contributed by atoms with van der Waals surface area (Å²) in [6.07, 6.45) is -1.48. The minimum atomic E-state index is -0.839. The first kappa shape index (κ1) is 22.9. The molecule has 0 saturated carbocycles. The quantitative estimate of drug-likeness (QED) is 0.767. The lowest BCUT2D eigenvalue weighted by Crippen LogP contribution is -2.44. The summed E-state index contributed by atoms with van der Waals surface area (Å²) in [7, 11) is 1.38. The van der Waals surface area contributed by atoms with Crippen molar-refractivity contribution in [2.75, 3.05) is 13.6 Å². The summed E-state index contributed by atoms with van der Waals surface area (Å²) in [5.41, 5.74) is -1.55. The van der Waals surface area contributed by atoms with Crippen LogP contribution in [0.2, 0.25) is 0 Å². The number of amides is 4. The van der Waals surface area contributed by atoms with E-state index in [4.69, 9.17) is 9.47 Å². The molecule has 0 spiro atoms. The molecule has 0 atom stereocenters. The van der Waals surface area contributed by atoms with Gasteiger partial charge in [-0.15, -0.1) is 0 Å². The molecular weight excluding hydrogens is 328 g/mol. The lowest BCUT2D eigenvalue weighted by atomic mass is 10.2. The Morgan fingerprint density at radius 1 is 0.840 bits per heavy atom. The van der Waals surface area contributed by atoms with Crippen molar-refractivity contribution in [1.82, 2.24) is 9.80 Å². The Morgan fingerprint density at radius 3 is 1.56 bits per heavy atom. The predicted octanol–water partition coefficient (Wildman–Crippen LogP) is 2.94. The van der Waals surface area contributed by atoms with Crippen LogP contribution in [0, 0.1) is 0 Å². The molecule has 0 aliphatic heterocycles. The average Bonchev–Trinajstić information content (AvgIpc) is 2.37. The van der Waals surface area contributed by atoms with Gasteiger partial charge in [-0.1, -0.05) is 0 Å². The van der Waals surface area contributed by atoms with E-state index >= 15 is 0 Å². The summed E-state index contributed by atoms with van der Waals surface area (Å²) >= 11 is 0. The normalized spacial score (nSPS) is 11.5. The van der Waals surface area contributed by atoms with Crippen molar-refractivity contribution >= 4 is 24.0 Å². The van der Waals surface area contributed by atoms with Gasteiger partial charge in [0.1, 0.15) is 11.2 Å². The van der Waals surface area contributed by atoms with E-state index in [1.165, 1.54) is 14.0 Å². The fraction of sp³-hybridized carbons (Fsp3) is 0.765. The number of nitrogens with zero attached hydrogens (tertiary/aromatic N) is 2. The third kappa shape index (κ3) is 9.69. The van der Waals surface area contributed by atoms with Gasteiger partial charge in [0.25, 0.3) is 0 Å². The van der Waals surface area contributed by atoms with Gasteiger partial charge < -0.3 is 9.47 Å². The molecule has 0 radical (unpaired) electrons. The van der Waals surface area contributed by atoms with Crippen molar-refractivity contribution in [3.05, 3.63) is 0 Å². The van der Waals surface area contributed by atoms with Crippen LogP contribution in [-0.4, -0.2) is 58.6 Å². The molecule has 0 aliphatic rings. The molecule has 25 heavy (non-hydrogen) atoms. The summed E-state index contributed by atoms with van der Waals surface area (Å²) < 4.78 is 10.4. The molecular formula is C17H30N2O6. The highest BCUT2D eigenvalue weighted by molar-refractivity contribution is 5.93. The van der Waals surface area contributed by atoms with E-state index in [-0.39, 0.29) is 31.2 Å². The van der Waals surface area contributed by atoms with Crippen molar-refractivity contribution in [1.29, 1.82) is 0 Å². The molecule has 4 amide bonds. The maximum atomic E-state index is 12.3. The van der Waals surface area contributed by atoms with Crippen molar-refractivity contribution in [3.63, 3.8) is 0 Å². The van der Waals surface area contributed by atoms with Crippen LogP contribution in [0.15, 0.2) is 0 Å². The van der Waals surface area contributed by atoms with Gasteiger partial charge in [-0.25, -0.2) is 14.5 Å². The molecule has 0 aliphatic carbocycles. The van der Waals surface area contributed by atoms with E-state index in [2.05, 4.69) is 0 Å². The maximum Gasteiger partial charge on any atom is 0.419 e. The van der Waals surface area contributed by atoms with Gasteiger partial charge in [0, 0.05) is 26.9 Å². The first-order valence-corrected chi connectivity index (χ1v) is 8.14. The second-order valence-electron chi connectivity index (χ2n) is 7.69. The van der Waals surface area contributed by atoms with Crippen molar-refractivity contribution in [2.24, 2.45) is 0 Å². The molecule has 8 heteroatoms. The Morgan fingerprint density at radius 2 is 1.24 bits per heavy atom. The van der Waals surface area contributed by atoms with Gasteiger partial charge in [-0.3, -0.25) is 14.5 Å². The number of imide groups is 2. The Kier molecular flexibility index (Phi) is 8.08. The maximum absolute atomic E-state index is 12.3. The number of hydrogen-bond acceptors (Lipinski definition) is 6. The summed E-state index contributed by atoms with van der Waals surface area (Å²) in [6, 6.07) is 0. The van der Waals surface area contributed by atoms with Crippen LogP contribution in [-0.2, 0) is 19.1 Å². The first-order chi connectivity index (χ1) is 11.1. The number of ether oxygens (including phenoxy) is 2. The minimum absolute atomic E-state index is 0.0121. The van der Waals surface area contributed by atoms with Crippen molar-refractivity contribution in [2.45, 2.75) is 72.5 Å². The highest BCUT2D eigenvalue weighted by atomic mass is 16.6. The van der Waals surface area contributed by atoms with Crippen molar-refractivity contribution < 1.29 is 28.7 Å². The largest absolute Gasteiger partial charge is 0.443 e. The molecule has 0 fully saturated rings. The van der Waals surface area contributed by atoms with E-state index in [0.717, 1.165) is 9.80 Å². The van der Waals surface area contributed by atoms with Gasteiger partial charge in [-0.2, -0.15) is 0 Å². The summed E-state index contributed by atoms with van der Waals surface area (Å²) in [4.78, 5) is 49.3. The van der Waals surface area contributed by atoms with Gasteiger partial charge in [0.15, 0.2) is 0 Å². The van der Waals surface area contributed by atoms with E-state index in [9.17, 15) is 19.2 Å². The summed E-state index contributed by atoms with van der Waals surface area (Å²) in [5.74, 6) is -0.762. The van der Waals surface area contributed by atoms with E-state index in [1.807, 2.05) is 0 Å². The smallest absolute Gasteiger partial charge is 0.419 e. The third-order valence-corrected chi connectivity index (χ3v) is 2.85. The van der Waals surface area contributed by atoms with E-state index < -0.39 is 23.4 Å². The Hall–Kier alpha value is -2.12. The van der Waals surface area contributed by atoms with Crippen LogP contribution < -0.4 is 0 Å². The van der Waals surface area contributed by atoms with Crippen LogP contribution in [0.25, 0.3) is 0 Å². The fourth-order valence-electron chi connectivity index (χ4n) is 1.62. The number of hydrogen-bond donors (Lipinski definition) is 0. The SMILES string of the molecule is CC(=O)N(C)C(=O)CCCN(C(=O)OC(C)(C)C)C(=O)OC(C)(C)C. The average molecular weight is 358 g/mol. The molecule has 0 rings (SSSR count). The van der Waals surface area contributed by atoms with Crippen LogP contribution in [0.5, 0.6) is 0 Å². The molecule has 0 aromatic rings. The van der Waals surface area contributed by atoms with Crippen LogP contribution in [0.3, 0.4) is 0 Å².